The van der Waals surface area contributed by atoms with Crippen LogP contribution < -0.4 is 0 Å². The molecular formula is C12H12ClNO4S. The number of thioether (sulfide) groups is 1. The van der Waals surface area contributed by atoms with Crippen LogP contribution in [0.2, 0.25) is 5.22 Å². The summed E-state index contributed by atoms with van der Waals surface area (Å²) in [7, 11) is 0. The van der Waals surface area contributed by atoms with Crippen LogP contribution in [-0.2, 0) is 4.79 Å². The third kappa shape index (κ3) is 2.34. The molecule has 3 rings (SSSR count). The lowest BCUT2D eigenvalue weighted by Crippen LogP contribution is -2.46. The molecule has 19 heavy (non-hydrogen) atoms. The Labute approximate surface area is 118 Å². The van der Waals surface area contributed by atoms with Crippen LogP contribution in [0.5, 0.6) is 0 Å². The Morgan fingerprint density at radius 1 is 1.42 bits per heavy atom. The Bertz CT molecular complexity index is 528. The minimum absolute atomic E-state index is 0.0579. The molecule has 2 unspecified atom stereocenters. The third-order valence-corrected chi connectivity index (χ3v) is 5.03. The molecule has 0 radical (unpaired) electrons. The van der Waals surface area contributed by atoms with Gasteiger partial charge in [0.1, 0.15) is 6.04 Å². The molecule has 2 heterocycles. The van der Waals surface area contributed by atoms with Gasteiger partial charge in [0.25, 0.3) is 5.91 Å². The van der Waals surface area contributed by atoms with Crippen LogP contribution >= 0.6 is 23.4 Å². The minimum atomic E-state index is -0.971. The van der Waals surface area contributed by atoms with Gasteiger partial charge in [-0.1, -0.05) is 0 Å². The Hall–Kier alpha value is -1.14. The van der Waals surface area contributed by atoms with Crippen molar-refractivity contribution in [2.24, 2.45) is 5.92 Å². The maximum atomic E-state index is 12.4. The fourth-order valence-electron chi connectivity index (χ4n) is 2.28. The molecule has 1 amide bonds. The first-order valence-electron chi connectivity index (χ1n) is 6.00. The van der Waals surface area contributed by atoms with Crippen molar-refractivity contribution < 1.29 is 19.1 Å². The van der Waals surface area contributed by atoms with Gasteiger partial charge in [-0.3, -0.25) is 4.79 Å². The molecule has 1 aliphatic heterocycles. The highest BCUT2D eigenvalue weighted by atomic mass is 35.5. The number of rotatable bonds is 3. The normalized spacial score (nSPS) is 26.7. The number of carbonyl (C=O) groups excluding carboxylic acids is 1. The van der Waals surface area contributed by atoms with Gasteiger partial charge in [-0.2, -0.15) is 0 Å². The van der Waals surface area contributed by atoms with Gasteiger partial charge >= 0.3 is 5.97 Å². The largest absolute Gasteiger partial charge is 0.480 e. The predicted molar refractivity (Wildman–Crippen MR) is 70.3 cm³/mol. The fraction of sp³-hybridized carbons (Fsp3) is 0.500. The van der Waals surface area contributed by atoms with E-state index in [2.05, 4.69) is 0 Å². The molecule has 0 spiro atoms. The van der Waals surface area contributed by atoms with Crippen LogP contribution in [-0.4, -0.2) is 39.1 Å². The summed E-state index contributed by atoms with van der Waals surface area (Å²) in [5, 5.41) is 9.31. The fourth-order valence-corrected chi connectivity index (χ4v) is 4.05. The summed E-state index contributed by atoms with van der Waals surface area (Å²) in [6.45, 7) is 0. The van der Waals surface area contributed by atoms with E-state index in [1.54, 1.807) is 0 Å². The van der Waals surface area contributed by atoms with Gasteiger partial charge in [-0.15, -0.1) is 11.8 Å². The zero-order valence-electron chi connectivity index (χ0n) is 9.91. The molecule has 2 fully saturated rings. The monoisotopic (exact) mass is 301 g/mol. The number of amides is 1. The lowest BCUT2D eigenvalue weighted by molar-refractivity contribution is -0.141. The third-order valence-electron chi connectivity index (χ3n) is 3.36. The second-order valence-corrected chi connectivity index (χ2v) is 6.25. The van der Waals surface area contributed by atoms with Crippen molar-refractivity contribution >= 4 is 35.2 Å². The molecule has 102 valence electrons. The molecule has 2 aliphatic rings. The second-order valence-electron chi connectivity index (χ2n) is 4.73. The van der Waals surface area contributed by atoms with Crippen LogP contribution in [0.4, 0.5) is 0 Å². The molecule has 1 N–H and O–H groups in total. The molecular weight excluding hydrogens is 290 g/mol. The smallest absolute Gasteiger partial charge is 0.327 e. The molecule has 0 bridgehead atoms. The van der Waals surface area contributed by atoms with E-state index < -0.39 is 12.0 Å². The molecule has 1 saturated heterocycles. The standard InChI is InChI=1S/C12H12ClNO4S/c13-9-4-3-8(18-9)10(15)14-7(12(16)17)5-19-11(14)6-1-2-6/h3-4,6-7,11H,1-2,5H2,(H,16,17). The van der Waals surface area contributed by atoms with Gasteiger partial charge < -0.3 is 14.4 Å². The van der Waals surface area contributed by atoms with Gasteiger partial charge in [0.05, 0.1) is 5.37 Å². The van der Waals surface area contributed by atoms with Crippen LogP contribution in [0.25, 0.3) is 0 Å². The second kappa shape index (κ2) is 4.76. The number of carbonyl (C=O) groups is 2. The summed E-state index contributed by atoms with van der Waals surface area (Å²) in [5.74, 6) is -0.424. The van der Waals surface area contributed by atoms with Crippen LogP contribution in [0.1, 0.15) is 23.4 Å². The van der Waals surface area contributed by atoms with Gasteiger partial charge in [-0.25, -0.2) is 4.79 Å². The van der Waals surface area contributed by atoms with E-state index in [1.165, 1.54) is 28.8 Å². The van der Waals surface area contributed by atoms with Crippen molar-refractivity contribution in [1.29, 1.82) is 0 Å². The van der Waals surface area contributed by atoms with E-state index >= 15 is 0 Å². The zero-order valence-corrected chi connectivity index (χ0v) is 11.5. The number of carboxylic acids is 1. The molecule has 2 atom stereocenters. The maximum Gasteiger partial charge on any atom is 0.327 e. The molecule has 0 aromatic carbocycles. The number of halogens is 1. The first-order valence-corrected chi connectivity index (χ1v) is 7.43. The van der Waals surface area contributed by atoms with Crippen molar-refractivity contribution in [2.75, 3.05) is 5.75 Å². The molecule has 1 saturated carbocycles. The SMILES string of the molecule is O=C(O)C1CSC(C2CC2)N1C(=O)c1ccc(Cl)o1. The summed E-state index contributed by atoms with van der Waals surface area (Å²) in [6.07, 6.45) is 2.10. The van der Waals surface area contributed by atoms with Crippen molar-refractivity contribution in [1.82, 2.24) is 4.90 Å². The van der Waals surface area contributed by atoms with E-state index in [4.69, 9.17) is 16.0 Å². The van der Waals surface area contributed by atoms with E-state index in [9.17, 15) is 14.7 Å². The maximum absolute atomic E-state index is 12.4. The van der Waals surface area contributed by atoms with Crippen molar-refractivity contribution in [3.63, 3.8) is 0 Å². The van der Waals surface area contributed by atoms with Gasteiger partial charge in [0.15, 0.2) is 11.0 Å². The Morgan fingerprint density at radius 3 is 2.68 bits per heavy atom. The predicted octanol–water partition coefficient (Wildman–Crippen LogP) is 2.31. The van der Waals surface area contributed by atoms with Crippen molar-refractivity contribution in [3.8, 4) is 0 Å². The summed E-state index contributed by atoms with van der Waals surface area (Å²) in [6, 6.07) is 2.18. The highest BCUT2D eigenvalue weighted by Gasteiger charge is 2.48. The van der Waals surface area contributed by atoms with E-state index in [-0.39, 0.29) is 22.3 Å². The lowest BCUT2D eigenvalue weighted by Gasteiger charge is -2.26. The van der Waals surface area contributed by atoms with Gasteiger partial charge in [0, 0.05) is 5.75 Å². The number of carboxylic acid groups (broad SMARTS) is 1. The van der Waals surface area contributed by atoms with Crippen LogP contribution in [0.3, 0.4) is 0 Å². The molecule has 5 nitrogen and oxygen atoms in total. The van der Waals surface area contributed by atoms with Crippen molar-refractivity contribution in [2.45, 2.75) is 24.3 Å². The Morgan fingerprint density at radius 2 is 2.16 bits per heavy atom. The molecule has 7 heteroatoms. The number of aliphatic carboxylic acids is 1. The number of hydrogen-bond donors (Lipinski definition) is 1. The summed E-state index contributed by atoms with van der Waals surface area (Å²) < 4.78 is 5.11. The number of nitrogens with zero attached hydrogens (tertiary/aromatic N) is 1. The Kier molecular flexibility index (Phi) is 3.22. The molecule has 1 aromatic heterocycles. The minimum Gasteiger partial charge on any atom is -0.480 e. The summed E-state index contributed by atoms with van der Waals surface area (Å²) in [5.41, 5.74) is 0. The van der Waals surface area contributed by atoms with Gasteiger partial charge in [0.2, 0.25) is 0 Å². The van der Waals surface area contributed by atoms with Crippen LogP contribution in [0.15, 0.2) is 16.5 Å². The average Bonchev–Trinajstić information content (AvgIpc) is 2.96. The van der Waals surface area contributed by atoms with E-state index in [0.717, 1.165) is 12.8 Å². The van der Waals surface area contributed by atoms with E-state index in [1.807, 2.05) is 0 Å². The van der Waals surface area contributed by atoms with Crippen LogP contribution in [0, 0.1) is 5.92 Å². The highest BCUT2D eigenvalue weighted by molar-refractivity contribution is 8.00. The highest BCUT2D eigenvalue weighted by Crippen LogP contribution is 2.46. The zero-order chi connectivity index (χ0) is 13.6. The first-order chi connectivity index (χ1) is 9.08. The quantitative estimate of drug-likeness (QED) is 0.927. The summed E-state index contributed by atoms with van der Waals surface area (Å²) in [4.78, 5) is 25.1. The molecule has 1 aromatic rings. The Balaban J connectivity index is 1.88. The first kappa shape index (κ1) is 12.9. The topological polar surface area (TPSA) is 70.8 Å². The van der Waals surface area contributed by atoms with Crippen molar-refractivity contribution in [3.05, 3.63) is 23.1 Å². The molecule has 1 aliphatic carbocycles. The average molecular weight is 302 g/mol. The van der Waals surface area contributed by atoms with Gasteiger partial charge in [-0.05, 0) is 42.5 Å². The van der Waals surface area contributed by atoms with E-state index in [0.29, 0.717) is 11.7 Å². The number of furan rings is 1. The summed E-state index contributed by atoms with van der Waals surface area (Å²) >= 11 is 7.20. The number of hydrogen-bond acceptors (Lipinski definition) is 4. The lowest BCUT2D eigenvalue weighted by atomic mass is 10.2.